The molecule has 8 heteroatoms. The van der Waals surface area contributed by atoms with Crippen molar-refractivity contribution in [3.05, 3.63) is 83.2 Å². The largest absolute Gasteiger partial charge is 0.496 e. The molecule has 1 aliphatic rings. The van der Waals surface area contributed by atoms with Crippen LogP contribution in [0.15, 0.2) is 62.1 Å². The summed E-state index contributed by atoms with van der Waals surface area (Å²) >= 11 is 2.91. The minimum atomic E-state index is -0.673. The molecule has 3 heterocycles. The van der Waals surface area contributed by atoms with Gasteiger partial charge in [0.25, 0.3) is 5.56 Å². The molecule has 1 atom stereocenters. The van der Waals surface area contributed by atoms with Crippen LogP contribution >= 0.6 is 22.7 Å². The third-order valence-corrected chi connectivity index (χ3v) is 6.85. The Morgan fingerprint density at radius 1 is 1.25 bits per heavy atom. The van der Waals surface area contributed by atoms with Crippen LogP contribution < -0.4 is 19.6 Å². The number of carbonyl (C=O) groups excluding carboxylic acids is 1. The SMILES string of the molecule is CCCC1=C(C(=O)OCC)[C@@H](c2ccccc2OC)n2c(s/c(=C/c3ccsc3)c2=O)=N1. The summed E-state index contributed by atoms with van der Waals surface area (Å²) in [6.45, 7) is 4.05. The number of thiophene rings is 1. The van der Waals surface area contributed by atoms with Crippen LogP contribution in [0.5, 0.6) is 5.75 Å². The Bertz CT molecular complexity index is 1330. The smallest absolute Gasteiger partial charge is 0.338 e. The number of carbonyl (C=O) groups is 1. The second kappa shape index (κ2) is 9.67. The van der Waals surface area contributed by atoms with E-state index < -0.39 is 12.0 Å². The molecule has 0 aliphatic carbocycles. The van der Waals surface area contributed by atoms with Crippen molar-refractivity contribution in [1.82, 2.24) is 4.57 Å². The highest BCUT2D eigenvalue weighted by Gasteiger charge is 2.35. The van der Waals surface area contributed by atoms with Crippen molar-refractivity contribution in [2.24, 2.45) is 4.99 Å². The Kier molecular flexibility index (Phi) is 6.72. The first-order valence-corrected chi connectivity index (χ1v) is 12.2. The Morgan fingerprint density at radius 2 is 2.06 bits per heavy atom. The fourth-order valence-electron chi connectivity index (χ4n) is 3.82. The lowest BCUT2D eigenvalue weighted by atomic mass is 9.93. The molecule has 0 unspecified atom stereocenters. The molecule has 1 aliphatic heterocycles. The third-order valence-electron chi connectivity index (χ3n) is 5.17. The summed E-state index contributed by atoms with van der Waals surface area (Å²) in [5, 5.41) is 3.96. The van der Waals surface area contributed by atoms with Crippen LogP contribution in [0.3, 0.4) is 0 Å². The zero-order chi connectivity index (χ0) is 22.7. The molecule has 32 heavy (non-hydrogen) atoms. The molecule has 0 saturated heterocycles. The fourth-order valence-corrected chi connectivity index (χ4v) is 5.45. The van der Waals surface area contributed by atoms with E-state index in [1.807, 2.05) is 54.1 Å². The van der Waals surface area contributed by atoms with Crippen LogP contribution in [0.1, 0.15) is 43.9 Å². The summed E-state index contributed by atoms with van der Waals surface area (Å²) in [4.78, 5) is 32.1. The quantitative estimate of drug-likeness (QED) is 0.497. The van der Waals surface area contributed by atoms with Crippen LogP contribution in [-0.4, -0.2) is 24.3 Å². The number of ether oxygens (including phenoxy) is 2. The van der Waals surface area contributed by atoms with E-state index >= 15 is 0 Å². The van der Waals surface area contributed by atoms with Gasteiger partial charge in [0, 0.05) is 5.56 Å². The zero-order valence-electron chi connectivity index (χ0n) is 18.2. The summed E-state index contributed by atoms with van der Waals surface area (Å²) in [6.07, 6.45) is 3.28. The second-order valence-electron chi connectivity index (χ2n) is 7.21. The molecular formula is C24H24N2O4S2. The Balaban J connectivity index is 2.04. The first-order valence-electron chi connectivity index (χ1n) is 10.5. The Hall–Kier alpha value is -2.97. The molecule has 0 amide bonds. The van der Waals surface area contributed by atoms with Crippen molar-refractivity contribution >= 4 is 34.7 Å². The minimum absolute atomic E-state index is 0.187. The van der Waals surface area contributed by atoms with Crippen LogP contribution in [-0.2, 0) is 9.53 Å². The van der Waals surface area contributed by atoms with E-state index in [1.54, 1.807) is 29.9 Å². The van der Waals surface area contributed by atoms with Gasteiger partial charge in [0.15, 0.2) is 4.80 Å². The molecule has 0 radical (unpaired) electrons. The first-order chi connectivity index (χ1) is 15.6. The molecule has 0 N–H and O–H groups in total. The zero-order valence-corrected chi connectivity index (χ0v) is 19.8. The summed E-state index contributed by atoms with van der Waals surface area (Å²) in [5.41, 5.74) is 2.56. The lowest BCUT2D eigenvalue weighted by Gasteiger charge is -2.26. The van der Waals surface area contributed by atoms with Gasteiger partial charge in [-0.3, -0.25) is 9.36 Å². The summed E-state index contributed by atoms with van der Waals surface area (Å²) in [5.74, 6) is 0.146. The van der Waals surface area contributed by atoms with Crippen molar-refractivity contribution in [2.75, 3.05) is 13.7 Å². The highest BCUT2D eigenvalue weighted by Crippen LogP contribution is 2.36. The Morgan fingerprint density at radius 3 is 2.75 bits per heavy atom. The number of hydrogen-bond donors (Lipinski definition) is 0. The molecule has 1 aromatic carbocycles. The highest BCUT2D eigenvalue weighted by molar-refractivity contribution is 7.08. The van der Waals surface area contributed by atoms with Gasteiger partial charge in [0.2, 0.25) is 0 Å². The van der Waals surface area contributed by atoms with E-state index in [9.17, 15) is 9.59 Å². The number of rotatable bonds is 7. The van der Waals surface area contributed by atoms with Crippen molar-refractivity contribution in [2.45, 2.75) is 32.7 Å². The van der Waals surface area contributed by atoms with E-state index in [0.717, 1.165) is 17.5 Å². The van der Waals surface area contributed by atoms with Gasteiger partial charge in [0.1, 0.15) is 11.8 Å². The van der Waals surface area contributed by atoms with Gasteiger partial charge in [-0.15, -0.1) is 0 Å². The van der Waals surface area contributed by atoms with E-state index in [-0.39, 0.29) is 12.2 Å². The monoisotopic (exact) mass is 468 g/mol. The molecule has 0 spiro atoms. The summed E-state index contributed by atoms with van der Waals surface area (Å²) in [6, 6.07) is 8.75. The van der Waals surface area contributed by atoms with Crippen molar-refractivity contribution in [3.8, 4) is 5.75 Å². The molecule has 2 aromatic heterocycles. The standard InChI is InChI=1S/C24H24N2O4S2/c1-4-8-17-20(23(28)30-5-2)21(16-9-6-7-10-18(16)29-3)26-22(27)19(32-24(26)25-17)13-15-11-12-31-14-15/h6-7,9-14,21H,4-5,8H2,1-3H3/b19-13+/t21-/m1/s1. The number of benzene rings is 1. The lowest BCUT2D eigenvalue weighted by Crippen LogP contribution is -2.40. The summed E-state index contributed by atoms with van der Waals surface area (Å²) in [7, 11) is 1.58. The minimum Gasteiger partial charge on any atom is -0.496 e. The molecule has 0 bridgehead atoms. The number of methoxy groups -OCH3 is 1. The molecular weight excluding hydrogens is 444 g/mol. The molecule has 6 nitrogen and oxygen atoms in total. The fraction of sp³-hybridized carbons (Fsp3) is 0.292. The molecule has 166 valence electrons. The normalized spacial score (nSPS) is 16.0. The number of fused-ring (bicyclic) bond motifs is 1. The second-order valence-corrected chi connectivity index (χ2v) is 9.00. The number of para-hydroxylation sites is 1. The molecule has 4 rings (SSSR count). The number of esters is 1. The topological polar surface area (TPSA) is 69.9 Å². The molecule has 0 fully saturated rings. The molecule has 3 aromatic rings. The summed E-state index contributed by atoms with van der Waals surface area (Å²) < 4.78 is 13.2. The maximum atomic E-state index is 13.6. The number of thiazole rings is 1. The first kappa shape index (κ1) is 22.2. The van der Waals surface area contributed by atoms with E-state index in [2.05, 4.69) is 0 Å². The van der Waals surface area contributed by atoms with Crippen LogP contribution in [0.4, 0.5) is 0 Å². The van der Waals surface area contributed by atoms with Gasteiger partial charge in [-0.2, -0.15) is 11.3 Å². The average Bonchev–Trinajstić information content (AvgIpc) is 3.41. The van der Waals surface area contributed by atoms with Crippen molar-refractivity contribution in [1.29, 1.82) is 0 Å². The maximum absolute atomic E-state index is 13.6. The van der Waals surface area contributed by atoms with Gasteiger partial charge in [0.05, 0.1) is 29.5 Å². The predicted molar refractivity (Wildman–Crippen MR) is 127 cm³/mol. The average molecular weight is 469 g/mol. The third kappa shape index (κ3) is 4.08. The van der Waals surface area contributed by atoms with Gasteiger partial charge in [-0.25, -0.2) is 9.79 Å². The van der Waals surface area contributed by atoms with E-state index in [4.69, 9.17) is 14.5 Å². The Labute approximate surface area is 193 Å². The molecule has 0 saturated carbocycles. The van der Waals surface area contributed by atoms with Crippen LogP contribution in [0.25, 0.3) is 6.08 Å². The van der Waals surface area contributed by atoms with Gasteiger partial charge in [-0.1, -0.05) is 42.9 Å². The van der Waals surface area contributed by atoms with Gasteiger partial charge in [-0.05, 0) is 47.9 Å². The van der Waals surface area contributed by atoms with Crippen LogP contribution in [0, 0.1) is 0 Å². The number of aromatic nitrogens is 1. The van der Waals surface area contributed by atoms with Crippen molar-refractivity contribution < 1.29 is 14.3 Å². The van der Waals surface area contributed by atoms with E-state index in [1.165, 1.54) is 11.3 Å². The van der Waals surface area contributed by atoms with E-state index in [0.29, 0.717) is 32.8 Å². The maximum Gasteiger partial charge on any atom is 0.338 e. The van der Waals surface area contributed by atoms with Crippen LogP contribution in [0.2, 0.25) is 0 Å². The number of hydrogen-bond acceptors (Lipinski definition) is 7. The highest BCUT2D eigenvalue weighted by atomic mass is 32.1. The lowest BCUT2D eigenvalue weighted by molar-refractivity contribution is -0.139. The van der Waals surface area contributed by atoms with Gasteiger partial charge >= 0.3 is 5.97 Å². The number of nitrogens with zero attached hydrogens (tertiary/aromatic N) is 2. The van der Waals surface area contributed by atoms with Crippen molar-refractivity contribution in [3.63, 3.8) is 0 Å². The predicted octanol–water partition coefficient (Wildman–Crippen LogP) is 3.65. The number of allylic oxidation sites excluding steroid dienone is 1. The van der Waals surface area contributed by atoms with Gasteiger partial charge < -0.3 is 9.47 Å².